The predicted molar refractivity (Wildman–Crippen MR) is 131 cm³/mol. The maximum atomic E-state index is 13.1. The number of pyridine rings is 1. The van der Waals surface area contributed by atoms with Crippen molar-refractivity contribution in [2.45, 2.75) is 84.4 Å². The Morgan fingerprint density at radius 3 is 2.60 bits per heavy atom. The fraction of sp³-hybridized carbons (Fsp3) is 0.767. The summed E-state index contributed by atoms with van der Waals surface area (Å²) in [7, 11) is 1.95. The van der Waals surface area contributed by atoms with Gasteiger partial charge in [-0.1, -0.05) is 32.9 Å². The van der Waals surface area contributed by atoms with Crippen LogP contribution in [0.4, 0.5) is 13.2 Å². The molecule has 1 spiro atoms. The number of alkyl halides is 3. The Kier molecular flexibility index (Phi) is 5.36. The van der Waals surface area contributed by atoms with Gasteiger partial charge in [0, 0.05) is 12.5 Å². The molecular weight excluding hydrogens is 447 g/mol. The Hall–Kier alpha value is -1.36. The van der Waals surface area contributed by atoms with E-state index >= 15 is 0 Å². The van der Waals surface area contributed by atoms with Crippen LogP contribution in [0.3, 0.4) is 0 Å². The minimum absolute atomic E-state index is 0.298. The van der Waals surface area contributed by atoms with Gasteiger partial charge in [-0.15, -0.1) is 0 Å². The van der Waals surface area contributed by atoms with Gasteiger partial charge in [0.05, 0.1) is 11.8 Å². The quantitative estimate of drug-likeness (QED) is 0.429. The van der Waals surface area contributed by atoms with Crippen LogP contribution < -0.4 is 0 Å². The van der Waals surface area contributed by atoms with Crippen molar-refractivity contribution in [2.24, 2.45) is 51.8 Å². The zero-order chi connectivity index (χ0) is 24.8. The first-order chi connectivity index (χ1) is 16.5. The molecule has 0 radical (unpaired) electrons. The summed E-state index contributed by atoms with van der Waals surface area (Å²) in [4.78, 5) is 3.84. The summed E-state index contributed by atoms with van der Waals surface area (Å²) in [5.41, 5.74) is 0.778. The van der Waals surface area contributed by atoms with Gasteiger partial charge in [-0.05, 0) is 116 Å². The van der Waals surface area contributed by atoms with Crippen LogP contribution in [0.25, 0.3) is 6.08 Å². The summed E-state index contributed by atoms with van der Waals surface area (Å²) in [5, 5.41) is 0. The molecule has 0 aromatic carbocycles. The number of methoxy groups -OCH3 is 1. The van der Waals surface area contributed by atoms with Gasteiger partial charge in [0.1, 0.15) is 5.69 Å². The standard InChI is InChI=1S/C30H40F3NO/c1-18(8-9-20-6-5-7-25(34-20)30(31,32)33)22-10-11-23-21-16-26(35-4)29-17-19(29)12-15-28(29,3)24(21)13-14-27(22,23)2/h5-9,18-19,21-24,26H,10-17H2,1-4H3/b9-8+/t18-,19-,21+,22-,23+,24+,26?,27-,28-,29?/m1/s1. The number of hydrogen-bond donors (Lipinski definition) is 0. The molecule has 5 aliphatic rings. The lowest BCUT2D eigenvalue weighted by molar-refractivity contribution is -0.160. The third kappa shape index (κ3) is 3.28. The number of nitrogens with zero attached hydrogens (tertiary/aromatic N) is 1. The first-order valence-corrected chi connectivity index (χ1v) is 13.8. The van der Waals surface area contributed by atoms with Gasteiger partial charge in [0.2, 0.25) is 0 Å². The fourth-order valence-corrected chi connectivity index (χ4v) is 10.6. The highest BCUT2D eigenvalue weighted by molar-refractivity contribution is 5.45. The molecule has 0 N–H and O–H groups in total. The number of rotatable bonds is 4. The van der Waals surface area contributed by atoms with Gasteiger partial charge in [0.15, 0.2) is 0 Å². The lowest BCUT2D eigenvalue weighted by atomic mass is 9.45. The van der Waals surface area contributed by atoms with Gasteiger partial charge in [0.25, 0.3) is 0 Å². The molecule has 1 aromatic rings. The Morgan fingerprint density at radius 1 is 1.09 bits per heavy atom. The zero-order valence-corrected chi connectivity index (χ0v) is 21.6. The normalized spacial score (nSPS) is 47.2. The lowest BCUT2D eigenvalue weighted by Crippen LogP contribution is -2.57. The average molecular weight is 488 g/mol. The number of hydrogen-bond acceptors (Lipinski definition) is 2. The maximum absolute atomic E-state index is 13.1. The Bertz CT molecular complexity index is 1020. The van der Waals surface area contributed by atoms with Crippen LogP contribution in [0.15, 0.2) is 24.3 Å². The predicted octanol–water partition coefficient (Wildman–Crippen LogP) is 8.03. The molecule has 6 rings (SSSR count). The Labute approximate surface area is 208 Å². The fourth-order valence-electron chi connectivity index (χ4n) is 10.6. The van der Waals surface area contributed by atoms with E-state index in [0.717, 1.165) is 29.7 Å². The second-order valence-corrected chi connectivity index (χ2v) is 13.1. The molecule has 1 aromatic heterocycles. The summed E-state index contributed by atoms with van der Waals surface area (Å²) in [5.74, 6) is 4.10. The van der Waals surface area contributed by atoms with E-state index in [9.17, 15) is 13.2 Å². The second kappa shape index (κ2) is 7.82. The SMILES string of the molecule is COC1C[C@H]2[C@@H]3CC[C@H]([C@H](C)/C=C/c4cccc(C(F)(F)F)n4)[C@@]3(C)CC[C@@H]2[C@@]2(C)CC[C@@H]3CC132. The second-order valence-electron chi connectivity index (χ2n) is 13.1. The molecule has 1 heterocycles. The van der Waals surface area contributed by atoms with Crippen LogP contribution in [-0.4, -0.2) is 18.2 Å². The molecule has 2 nitrogen and oxygen atoms in total. The highest BCUT2D eigenvalue weighted by Crippen LogP contribution is 2.82. The van der Waals surface area contributed by atoms with Gasteiger partial charge < -0.3 is 4.74 Å². The van der Waals surface area contributed by atoms with Crippen LogP contribution in [0.2, 0.25) is 0 Å². The lowest BCUT2D eigenvalue weighted by Gasteiger charge is -2.61. The van der Waals surface area contributed by atoms with E-state index in [1.807, 2.05) is 7.11 Å². The summed E-state index contributed by atoms with van der Waals surface area (Å²) in [6.45, 7) is 7.41. The zero-order valence-electron chi connectivity index (χ0n) is 21.6. The van der Waals surface area contributed by atoms with Gasteiger partial charge in [-0.2, -0.15) is 13.2 Å². The van der Waals surface area contributed by atoms with Gasteiger partial charge >= 0.3 is 6.18 Å². The van der Waals surface area contributed by atoms with Crippen molar-refractivity contribution < 1.29 is 17.9 Å². The molecule has 0 aliphatic heterocycles. The highest BCUT2D eigenvalue weighted by Gasteiger charge is 2.77. The average Bonchev–Trinajstić information content (AvgIpc) is 3.33. The summed E-state index contributed by atoms with van der Waals surface area (Å²) in [6.07, 6.45) is 10.5. The van der Waals surface area contributed by atoms with Crippen molar-refractivity contribution in [1.29, 1.82) is 0 Å². The summed E-state index contributed by atoms with van der Waals surface area (Å²) >= 11 is 0. The van der Waals surface area contributed by atoms with E-state index in [1.54, 1.807) is 12.1 Å². The van der Waals surface area contributed by atoms with Crippen LogP contribution >= 0.6 is 0 Å². The summed E-state index contributed by atoms with van der Waals surface area (Å²) in [6, 6.07) is 4.15. The van der Waals surface area contributed by atoms with Crippen molar-refractivity contribution >= 4 is 6.08 Å². The van der Waals surface area contributed by atoms with Gasteiger partial charge in [-0.3, -0.25) is 0 Å². The Balaban J connectivity index is 1.22. The van der Waals surface area contributed by atoms with E-state index in [4.69, 9.17) is 4.74 Å². The van der Waals surface area contributed by atoms with E-state index < -0.39 is 11.9 Å². The first kappa shape index (κ1) is 24.0. The smallest absolute Gasteiger partial charge is 0.381 e. The minimum Gasteiger partial charge on any atom is -0.381 e. The van der Waals surface area contributed by atoms with Crippen molar-refractivity contribution in [1.82, 2.24) is 4.98 Å². The third-order valence-corrected chi connectivity index (χ3v) is 12.2. The summed E-state index contributed by atoms with van der Waals surface area (Å²) < 4.78 is 45.5. The Morgan fingerprint density at radius 2 is 1.89 bits per heavy atom. The van der Waals surface area contributed by atoms with Crippen LogP contribution in [0, 0.1) is 51.8 Å². The monoisotopic (exact) mass is 487 g/mol. The number of ether oxygens (including phenoxy) is 1. The van der Waals surface area contributed by atoms with Crippen LogP contribution in [0.1, 0.15) is 83.5 Å². The molecule has 5 aliphatic carbocycles. The topological polar surface area (TPSA) is 22.1 Å². The number of halogens is 3. The highest BCUT2D eigenvalue weighted by atomic mass is 19.4. The van der Waals surface area contributed by atoms with E-state index in [0.29, 0.717) is 39.9 Å². The van der Waals surface area contributed by atoms with E-state index in [-0.39, 0.29) is 0 Å². The molecule has 0 bridgehead atoms. The minimum atomic E-state index is -4.41. The maximum Gasteiger partial charge on any atom is 0.433 e. The van der Waals surface area contributed by atoms with Crippen molar-refractivity contribution in [3.8, 4) is 0 Å². The van der Waals surface area contributed by atoms with Gasteiger partial charge in [-0.25, -0.2) is 4.98 Å². The third-order valence-electron chi connectivity index (χ3n) is 12.2. The van der Waals surface area contributed by atoms with Crippen molar-refractivity contribution in [2.75, 3.05) is 7.11 Å². The van der Waals surface area contributed by atoms with Crippen LogP contribution in [-0.2, 0) is 10.9 Å². The number of fused-ring (bicyclic) bond motifs is 4. The molecule has 192 valence electrons. The van der Waals surface area contributed by atoms with Crippen LogP contribution in [0.5, 0.6) is 0 Å². The molecule has 0 amide bonds. The number of allylic oxidation sites excluding steroid dienone is 1. The van der Waals surface area contributed by atoms with E-state index in [2.05, 4.69) is 31.8 Å². The molecule has 10 atom stereocenters. The molecular formula is C30H40F3NO. The molecule has 5 heteroatoms. The molecule has 0 saturated heterocycles. The molecule has 35 heavy (non-hydrogen) atoms. The molecule has 5 fully saturated rings. The molecule has 2 unspecified atom stereocenters. The largest absolute Gasteiger partial charge is 0.433 e. The first-order valence-electron chi connectivity index (χ1n) is 13.8. The molecule has 5 saturated carbocycles. The van der Waals surface area contributed by atoms with E-state index in [1.165, 1.54) is 57.4 Å². The van der Waals surface area contributed by atoms with Crippen molar-refractivity contribution in [3.63, 3.8) is 0 Å². The van der Waals surface area contributed by atoms with Crippen molar-refractivity contribution in [3.05, 3.63) is 35.7 Å². The number of aromatic nitrogens is 1.